The van der Waals surface area contributed by atoms with E-state index in [9.17, 15) is 14.0 Å². The number of hydrogen-bond acceptors (Lipinski definition) is 3. The highest BCUT2D eigenvalue weighted by atomic mass is 19.1. The summed E-state index contributed by atoms with van der Waals surface area (Å²) in [6, 6.07) is 30.3. The highest BCUT2D eigenvalue weighted by Crippen LogP contribution is 2.22. The van der Waals surface area contributed by atoms with Crippen molar-refractivity contribution in [3.63, 3.8) is 0 Å². The number of nitrogens with zero attached hydrogens (tertiary/aromatic N) is 1. The third-order valence-corrected chi connectivity index (χ3v) is 6.03. The van der Waals surface area contributed by atoms with Gasteiger partial charge in [-0.25, -0.2) is 4.39 Å². The molecule has 0 bridgehead atoms. The maximum atomic E-state index is 13.4. The molecule has 0 fully saturated rings. The van der Waals surface area contributed by atoms with Crippen LogP contribution in [0.4, 0.5) is 10.1 Å². The second kappa shape index (κ2) is 12.5. The summed E-state index contributed by atoms with van der Waals surface area (Å²) < 4.78 is 18.6. The molecule has 0 aliphatic rings. The van der Waals surface area contributed by atoms with Gasteiger partial charge in [-0.1, -0.05) is 54.6 Å². The third-order valence-electron chi connectivity index (χ3n) is 6.03. The summed E-state index contributed by atoms with van der Waals surface area (Å²) >= 11 is 0. The quantitative estimate of drug-likeness (QED) is 0.312. The molecule has 0 saturated carbocycles. The van der Waals surface area contributed by atoms with E-state index in [-0.39, 0.29) is 24.1 Å². The van der Waals surface area contributed by atoms with Crippen LogP contribution < -0.4 is 15.0 Å². The number of ether oxygens (including phenoxy) is 1. The summed E-state index contributed by atoms with van der Waals surface area (Å²) in [7, 11) is 1.63. The van der Waals surface area contributed by atoms with Crippen LogP contribution in [0.1, 0.15) is 27.0 Å². The Bertz CT molecular complexity index is 1310. The van der Waals surface area contributed by atoms with E-state index >= 15 is 0 Å². The average molecular weight is 497 g/mol. The van der Waals surface area contributed by atoms with Crippen molar-refractivity contribution >= 4 is 17.5 Å². The van der Waals surface area contributed by atoms with Crippen LogP contribution in [-0.2, 0) is 24.2 Å². The van der Waals surface area contributed by atoms with E-state index in [1.165, 1.54) is 12.1 Å². The Morgan fingerprint density at radius 2 is 1.41 bits per heavy atom. The van der Waals surface area contributed by atoms with E-state index in [2.05, 4.69) is 5.32 Å². The van der Waals surface area contributed by atoms with Crippen molar-refractivity contribution in [1.29, 1.82) is 0 Å². The van der Waals surface area contributed by atoms with Crippen LogP contribution in [-0.4, -0.2) is 25.5 Å². The van der Waals surface area contributed by atoms with Gasteiger partial charge in [0.15, 0.2) is 0 Å². The summed E-state index contributed by atoms with van der Waals surface area (Å²) in [6.07, 6.45) is 0.974. The molecule has 0 spiro atoms. The molecule has 4 rings (SSSR count). The molecule has 4 aromatic rings. The van der Waals surface area contributed by atoms with Crippen LogP contribution in [0.3, 0.4) is 0 Å². The van der Waals surface area contributed by atoms with Gasteiger partial charge >= 0.3 is 0 Å². The average Bonchev–Trinajstić information content (AvgIpc) is 2.94. The number of anilines is 1. The lowest BCUT2D eigenvalue weighted by molar-refractivity contribution is -0.120. The first kappa shape index (κ1) is 25.6. The monoisotopic (exact) mass is 496 g/mol. The molecule has 37 heavy (non-hydrogen) atoms. The Labute approximate surface area is 216 Å². The minimum atomic E-state index is -0.323. The summed E-state index contributed by atoms with van der Waals surface area (Å²) in [5, 5.41) is 2.96. The van der Waals surface area contributed by atoms with Gasteiger partial charge in [-0.15, -0.1) is 0 Å². The number of carbonyl (C=O) groups excluding carboxylic acids is 2. The minimum Gasteiger partial charge on any atom is -0.497 e. The zero-order valence-corrected chi connectivity index (χ0v) is 20.7. The maximum Gasteiger partial charge on any atom is 0.258 e. The smallest absolute Gasteiger partial charge is 0.258 e. The highest BCUT2D eigenvalue weighted by molar-refractivity contribution is 6.06. The lowest BCUT2D eigenvalue weighted by Crippen LogP contribution is -2.30. The normalized spacial score (nSPS) is 10.5. The van der Waals surface area contributed by atoms with Gasteiger partial charge in [0.1, 0.15) is 11.6 Å². The summed E-state index contributed by atoms with van der Waals surface area (Å²) in [4.78, 5) is 27.4. The van der Waals surface area contributed by atoms with Gasteiger partial charge in [0.05, 0.1) is 20.1 Å². The van der Waals surface area contributed by atoms with Gasteiger partial charge < -0.3 is 15.0 Å². The molecule has 5 nitrogen and oxygen atoms in total. The summed E-state index contributed by atoms with van der Waals surface area (Å²) in [6.45, 7) is 0.833. The second-order valence-corrected chi connectivity index (χ2v) is 8.68. The number of rotatable bonds is 10. The van der Waals surface area contributed by atoms with E-state index < -0.39 is 0 Å². The van der Waals surface area contributed by atoms with E-state index in [1.807, 2.05) is 66.7 Å². The Balaban J connectivity index is 1.39. The predicted octanol–water partition coefficient (Wildman–Crippen LogP) is 5.58. The van der Waals surface area contributed by atoms with Gasteiger partial charge in [0.2, 0.25) is 5.91 Å². The molecule has 0 aliphatic carbocycles. The van der Waals surface area contributed by atoms with Crippen LogP contribution in [0, 0.1) is 5.82 Å². The molecular weight excluding hydrogens is 467 g/mol. The summed E-state index contributed by atoms with van der Waals surface area (Å²) in [5.74, 6) is 0.257. The first-order valence-corrected chi connectivity index (χ1v) is 12.1. The lowest BCUT2D eigenvalue weighted by Gasteiger charge is -2.23. The minimum absolute atomic E-state index is 0.0650. The van der Waals surface area contributed by atoms with Crippen LogP contribution >= 0.6 is 0 Å². The molecule has 4 aromatic carbocycles. The lowest BCUT2D eigenvalue weighted by atomic mass is 10.1. The molecule has 0 unspecified atom stereocenters. The van der Waals surface area contributed by atoms with Crippen molar-refractivity contribution in [2.45, 2.75) is 19.4 Å². The molecular formula is C31H29FN2O3. The first-order chi connectivity index (χ1) is 18.0. The van der Waals surface area contributed by atoms with Crippen molar-refractivity contribution < 1.29 is 18.7 Å². The Morgan fingerprint density at radius 3 is 2.05 bits per heavy atom. The molecule has 188 valence electrons. The number of halogens is 1. The fourth-order valence-electron chi connectivity index (χ4n) is 3.97. The van der Waals surface area contributed by atoms with Crippen molar-refractivity contribution in [1.82, 2.24) is 5.32 Å². The van der Waals surface area contributed by atoms with Crippen LogP contribution in [0.2, 0.25) is 0 Å². The van der Waals surface area contributed by atoms with Crippen molar-refractivity contribution in [3.05, 3.63) is 131 Å². The number of hydrogen-bond donors (Lipinski definition) is 1. The number of benzene rings is 4. The molecule has 0 aliphatic heterocycles. The molecule has 1 N–H and O–H groups in total. The van der Waals surface area contributed by atoms with E-state index in [4.69, 9.17) is 4.74 Å². The van der Waals surface area contributed by atoms with Gasteiger partial charge in [0.25, 0.3) is 5.91 Å². The Kier molecular flexibility index (Phi) is 8.66. The number of methoxy groups -OCH3 is 1. The van der Waals surface area contributed by atoms with Crippen LogP contribution in [0.15, 0.2) is 103 Å². The molecule has 0 radical (unpaired) electrons. The van der Waals surface area contributed by atoms with Gasteiger partial charge in [-0.3, -0.25) is 9.59 Å². The zero-order valence-electron chi connectivity index (χ0n) is 20.7. The first-order valence-electron chi connectivity index (χ1n) is 12.1. The van der Waals surface area contributed by atoms with E-state index in [0.29, 0.717) is 24.3 Å². The number of nitrogens with one attached hydrogen (secondary N) is 1. The molecule has 0 atom stereocenters. The molecule has 6 heteroatoms. The number of carbonyl (C=O) groups is 2. The summed E-state index contributed by atoms with van der Waals surface area (Å²) in [5.41, 5.74) is 4.03. The van der Waals surface area contributed by atoms with E-state index in [0.717, 1.165) is 28.9 Å². The predicted molar refractivity (Wildman–Crippen MR) is 143 cm³/mol. The maximum absolute atomic E-state index is 13.4. The van der Waals surface area contributed by atoms with Crippen molar-refractivity contribution in [2.75, 3.05) is 18.6 Å². The van der Waals surface area contributed by atoms with Gasteiger partial charge in [-0.05, 0) is 71.6 Å². The standard InChI is InChI=1S/C31H29FN2O3/c1-37-29-17-11-23(12-18-29)19-20-33-30(35)21-24-9-15-28(16-10-24)34(22-25-7-13-27(32)14-8-25)31(36)26-5-3-2-4-6-26/h2-18H,19-22H2,1H3,(H,33,35). The topological polar surface area (TPSA) is 58.6 Å². The fourth-order valence-corrected chi connectivity index (χ4v) is 3.97. The van der Waals surface area contributed by atoms with Crippen LogP contribution in [0.5, 0.6) is 5.75 Å². The Morgan fingerprint density at radius 1 is 0.784 bits per heavy atom. The Hall–Kier alpha value is -4.45. The number of amides is 2. The van der Waals surface area contributed by atoms with Gasteiger partial charge in [0, 0.05) is 17.8 Å². The zero-order chi connectivity index (χ0) is 26.0. The fraction of sp³-hybridized carbons (Fsp3) is 0.161. The largest absolute Gasteiger partial charge is 0.497 e. The third kappa shape index (κ3) is 7.27. The second-order valence-electron chi connectivity index (χ2n) is 8.68. The van der Waals surface area contributed by atoms with Crippen LogP contribution in [0.25, 0.3) is 0 Å². The molecule has 2 amide bonds. The van der Waals surface area contributed by atoms with E-state index in [1.54, 1.807) is 36.3 Å². The SMILES string of the molecule is COc1ccc(CCNC(=O)Cc2ccc(N(Cc3ccc(F)cc3)C(=O)c3ccccc3)cc2)cc1. The van der Waals surface area contributed by atoms with Crippen molar-refractivity contribution in [2.24, 2.45) is 0 Å². The molecule has 0 heterocycles. The highest BCUT2D eigenvalue weighted by Gasteiger charge is 2.18. The molecule has 0 saturated heterocycles. The van der Waals surface area contributed by atoms with Gasteiger partial charge in [-0.2, -0.15) is 0 Å². The van der Waals surface area contributed by atoms with Crippen molar-refractivity contribution in [3.8, 4) is 5.75 Å². The molecule has 0 aromatic heterocycles.